The molecule has 0 amide bonds. The molecule has 0 aliphatic rings. The van der Waals surface area contributed by atoms with E-state index >= 15 is 0 Å². The van der Waals surface area contributed by atoms with Gasteiger partial charge in [0.1, 0.15) is 6.10 Å². The standard InChI is InChI=1S/C13H17ClO3S/c1-8-3-4-10(7-11(8)14)13(17)12(16)5-6-18-9(2)15/h3-4,7,12-13,16-17H,5-6H2,1-2H3. The number of carbonyl (C=O) groups is 1. The van der Waals surface area contributed by atoms with Gasteiger partial charge in [-0.1, -0.05) is 35.5 Å². The zero-order valence-electron chi connectivity index (χ0n) is 10.4. The predicted molar refractivity (Wildman–Crippen MR) is 74.9 cm³/mol. The second-order valence-corrected chi connectivity index (χ2v) is 5.83. The maximum atomic E-state index is 10.7. The van der Waals surface area contributed by atoms with Crippen LogP contribution in [0.2, 0.25) is 5.02 Å². The van der Waals surface area contributed by atoms with E-state index in [0.717, 1.165) is 17.3 Å². The monoisotopic (exact) mass is 288 g/mol. The van der Waals surface area contributed by atoms with Crippen LogP contribution in [-0.4, -0.2) is 27.2 Å². The van der Waals surface area contributed by atoms with Crippen molar-refractivity contribution in [3.63, 3.8) is 0 Å². The number of aryl methyl sites for hydroxylation is 1. The third-order valence-electron chi connectivity index (χ3n) is 2.62. The molecule has 2 N–H and O–H groups in total. The number of benzene rings is 1. The summed E-state index contributed by atoms with van der Waals surface area (Å²) in [4.78, 5) is 10.7. The minimum absolute atomic E-state index is 0.00932. The summed E-state index contributed by atoms with van der Waals surface area (Å²) in [5.41, 5.74) is 1.51. The first-order valence-corrected chi connectivity index (χ1v) is 7.03. The molecule has 0 spiro atoms. The van der Waals surface area contributed by atoms with Crippen LogP contribution in [0.5, 0.6) is 0 Å². The summed E-state index contributed by atoms with van der Waals surface area (Å²) in [7, 11) is 0. The molecule has 0 bridgehead atoms. The summed E-state index contributed by atoms with van der Waals surface area (Å²) in [5, 5.41) is 20.4. The normalized spacial score (nSPS) is 14.3. The summed E-state index contributed by atoms with van der Waals surface area (Å²) in [6.07, 6.45) is -1.51. The maximum Gasteiger partial charge on any atom is 0.185 e. The van der Waals surface area contributed by atoms with E-state index in [9.17, 15) is 15.0 Å². The largest absolute Gasteiger partial charge is 0.390 e. The topological polar surface area (TPSA) is 57.5 Å². The number of rotatable bonds is 5. The van der Waals surface area contributed by atoms with Gasteiger partial charge in [-0.05, 0) is 30.5 Å². The molecule has 0 heterocycles. The molecule has 0 aromatic heterocycles. The second kappa shape index (κ2) is 7.14. The van der Waals surface area contributed by atoms with Gasteiger partial charge in [0.2, 0.25) is 0 Å². The third-order valence-corrected chi connectivity index (χ3v) is 3.87. The van der Waals surface area contributed by atoms with E-state index in [1.54, 1.807) is 18.2 Å². The Labute approximate surface area is 116 Å². The Bertz CT molecular complexity index is 423. The van der Waals surface area contributed by atoms with Crippen molar-refractivity contribution in [2.45, 2.75) is 32.5 Å². The lowest BCUT2D eigenvalue weighted by atomic mass is 10.0. The van der Waals surface area contributed by atoms with Gasteiger partial charge in [0.05, 0.1) is 6.10 Å². The second-order valence-electron chi connectivity index (χ2n) is 4.15. The van der Waals surface area contributed by atoms with E-state index in [1.165, 1.54) is 6.92 Å². The van der Waals surface area contributed by atoms with Crippen LogP contribution in [-0.2, 0) is 4.79 Å². The molecule has 100 valence electrons. The molecule has 0 aliphatic heterocycles. The van der Waals surface area contributed by atoms with Crippen molar-refractivity contribution < 1.29 is 15.0 Å². The van der Waals surface area contributed by atoms with Gasteiger partial charge < -0.3 is 10.2 Å². The van der Waals surface area contributed by atoms with Crippen LogP contribution in [0.3, 0.4) is 0 Å². The highest BCUT2D eigenvalue weighted by Crippen LogP contribution is 2.25. The van der Waals surface area contributed by atoms with Gasteiger partial charge in [-0.3, -0.25) is 4.79 Å². The third kappa shape index (κ3) is 4.61. The maximum absolute atomic E-state index is 10.7. The molecule has 2 unspecified atom stereocenters. The zero-order chi connectivity index (χ0) is 13.7. The van der Waals surface area contributed by atoms with E-state index < -0.39 is 12.2 Å². The molecule has 18 heavy (non-hydrogen) atoms. The number of hydrogen-bond donors (Lipinski definition) is 2. The number of aliphatic hydroxyl groups is 2. The molecule has 3 nitrogen and oxygen atoms in total. The lowest BCUT2D eigenvalue weighted by molar-refractivity contribution is -0.109. The summed E-state index contributed by atoms with van der Waals surface area (Å²) in [5.74, 6) is 0.493. The van der Waals surface area contributed by atoms with Crippen LogP contribution < -0.4 is 0 Å². The van der Waals surface area contributed by atoms with Gasteiger partial charge in [-0.25, -0.2) is 0 Å². The first kappa shape index (κ1) is 15.5. The van der Waals surface area contributed by atoms with Crippen LogP contribution in [0.15, 0.2) is 18.2 Å². The van der Waals surface area contributed by atoms with E-state index in [-0.39, 0.29) is 5.12 Å². The van der Waals surface area contributed by atoms with Crippen LogP contribution >= 0.6 is 23.4 Å². The average Bonchev–Trinajstić information content (AvgIpc) is 2.31. The minimum Gasteiger partial charge on any atom is -0.390 e. The van der Waals surface area contributed by atoms with Gasteiger partial charge in [-0.2, -0.15) is 0 Å². The first-order chi connectivity index (χ1) is 8.41. The SMILES string of the molecule is CC(=O)SCCC(O)C(O)c1ccc(C)c(Cl)c1. The molecular formula is C13H17ClO3S. The molecule has 1 rings (SSSR count). The molecule has 0 aliphatic carbocycles. The van der Waals surface area contributed by atoms with Gasteiger partial charge in [-0.15, -0.1) is 0 Å². The summed E-state index contributed by atoms with van der Waals surface area (Å²) in [6, 6.07) is 5.20. The highest BCUT2D eigenvalue weighted by Gasteiger charge is 2.18. The lowest BCUT2D eigenvalue weighted by Crippen LogP contribution is -2.19. The zero-order valence-corrected chi connectivity index (χ0v) is 12.0. The molecule has 1 aromatic rings. The van der Waals surface area contributed by atoms with Gasteiger partial charge in [0.15, 0.2) is 5.12 Å². The minimum atomic E-state index is -0.976. The van der Waals surface area contributed by atoms with E-state index in [0.29, 0.717) is 22.8 Å². The van der Waals surface area contributed by atoms with E-state index in [1.807, 2.05) is 6.92 Å². The number of halogens is 1. The van der Waals surface area contributed by atoms with Crippen molar-refractivity contribution in [3.8, 4) is 0 Å². The van der Waals surface area contributed by atoms with E-state index in [2.05, 4.69) is 0 Å². The Kier molecular flexibility index (Phi) is 6.15. The molecule has 0 saturated carbocycles. The van der Waals surface area contributed by atoms with Crippen molar-refractivity contribution in [1.82, 2.24) is 0 Å². The number of aliphatic hydroxyl groups excluding tert-OH is 2. The van der Waals surface area contributed by atoms with Gasteiger partial charge in [0, 0.05) is 17.7 Å². The fraction of sp³-hybridized carbons (Fsp3) is 0.462. The van der Waals surface area contributed by atoms with Crippen molar-refractivity contribution in [2.24, 2.45) is 0 Å². The molecule has 2 atom stereocenters. The predicted octanol–water partition coefficient (Wildman–Crippen LogP) is 2.71. The first-order valence-electron chi connectivity index (χ1n) is 5.67. The van der Waals surface area contributed by atoms with Crippen molar-refractivity contribution in [3.05, 3.63) is 34.3 Å². The lowest BCUT2D eigenvalue weighted by Gasteiger charge is -2.18. The van der Waals surface area contributed by atoms with Gasteiger partial charge >= 0.3 is 0 Å². The summed E-state index contributed by atoms with van der Waals surface area (Å²) in [6.45, 7) is 3.35. The molecular weight excluding hydrogens is 272 g/mol. The molecule has 1 aromatic carbocycles. The Morgan fingerprint density at radius 3 is 2.67 bits per heavy atom. The van der Waals surface area contributed by atoms with Crippen molar-refractivity contribution >= 4 is 28.5 Å². The van der Waals surface area contributed by atoms with E-state index in [4.69, 9.17) is 11.6 Å². The molecule has 0 saturated heterocycles. The molecule has 0 radical (unpaired) electrons. The Balaban J connectivity index is 2.59. The fourth-order valence-electron chi connectivity index (χ4n) is 1.50. The average molecular weight is 289 g/mol. The highest BCUT2D eigenvalue weighted by atomic mass is 35.5. The van der Waals surface area contributed by atoms with Crippen molar-refractivity contribution in [1.29, 1.82) is 0 Å². The van der Waals surface area contributed by atoms with Crippen LogP contribution in [0.4, 0.5) is 0 Å². The van der Waals surface area contributed by atoms with Crippen molar-refractivity contribution in [2.75, 3.05) is 5.75 Å². The number of thioether (sulfide) groups is 1. The molecule has 0 fully saturated rings. The summed E-state index contributed by atoms with van der Waals surface area (Å²) < 4.78 is 0. The fourth-order valence-corrected chi connectivity index (χ4v) is 2.33. The summed E-state index contributed by atoms with van der Waals surface area (Å²) >= 11 is 7.11. The van der Waals surface area contributed by atoms with Crippen LogP contribution in [0, 0.1) is 6.92 Å². The Morgan fingerprint density at radius 2 is 2.11 bits per heavy atom. The smallest absolute Gasteiger partial charge is 0.185 e. The quantitative estimate of drug-likeness (QED) is 0.875. The Morgan fingerprint density at radius 1 is 1.44 bits per heavy atom. The van der Waals surface area contributed by atoms with Crippen LogP contribution in [0.1, 0.15) is 30.6 Å². The highest BCUT2D eigenvalue weighted by molar-refractivity contribution is 8.13. The van der Waals surface area contributed by atoms with Gasteiger partial charge in [0.25, 0.3) is 0 Å². The van der Waals surface area contributed by atoms with Crippen LogP contribution in [0.25, 0.3) is 0 Å². The Hall–Kier alpha value is -0.550. The number of hydrogen-bond acceptors (Lipinski definition) is 4. The molecule has 5 heteroatoms. The number of carbonyl (C=O) groups excluding carboxylic acids is 1.